The number of nitrogens with one attached hydrogen (secondary N) is 1. The van der Waals surface area contributed by atoms with Crippen LogP contribution in [0, 0.1) is 6.92 Å². The first kappa shape index (κ1) is 24.9. The molecule has 5 aromatic rings. The molecule has 0 saturated heterocycles. The van der Waals surface area contributed by atoms with E-state index < -0.39 is 21.6 Å². The van der Waals surface area contributed by atoms with Gasteiger partial charge in [-0.2, -0.15) is 0 Å². The Labute approximate surface area is 228 Å². The molecule has 0 aliphatic heterocycles. The molecule has 0 atom stereocenters. The van der Waals surface area contributed by atoms with E-state index >= 15 is 0 Å². The van der Waals surface area contributed by atoms with Gasteiger partial charge >= 0.3 is 230 Å². The average molecular weight is 704 g/mol. The number of hydrogen-bond donors (Lipinski definition) is 1. The quantitative estimate of drug-likeness (QED) is 0.189. The second-order valence-electron chi connectivity index (χ2n) is 9.94. The van der Waals surface area contributed by atoms with Crippen LogP contribution in [0.1, 0.15) is 16.7 Å². The van der Waals surface area contributed by atoms with Gasteiger partial charge in [0, 0.05) is 0 Å². The van der Waals surface area contributed by atoms with Crippen LogP contribution in [0.15, 0.2) is 127 Å². The maximum atomic E-state index is 8.32. The van der Waals surface area contributed by atoms with Crippen LogP contribution < -0.4 is 17.0 Å². The molecule has 0 saturated carbocycles. The van der Waals surface area contributed by atoms with E-state index in [0.29, 0.717) is 0 Å². The Morgan fingerprint density at radius 1 is 0.622 bits per heavy atom. The second kappa shape index (κ2) is 9.71. The van der Waals surface area contributed by atoms with E-state index in [0.717, 1.165) is 21.0 Å². The summed E-state index contributed by atoms with van der Waals surface area (Å²) in [6.45, 7) is 2.13. The van der Waals surface area contributed by atoms with Crippen molar-refractivity contribution in [2.24, 2.45) is 0 Å². The summed E-state index contributed by atoms with van der Waals surface area (Å²) in [7, 11) is 16.6. The first-order chi connectivity index (χ1) is 17.9. The Kier molecular flexibility index (Phi) is 6.53. The molecule has 5 heteroatoms. The van der Waals surface area contributed by atoms with Crippen molar-refractivity contribution in [3.05, 3.63) is 144 Å². The first-order valence-electron chi connectivity index (χ1n) is 12.7. The van der Waals surface area contributed by atoms with Gasteiger partial charge in [0.05, 0.1) is 0 Å². The zero-order valence-electron chi connectivity index (χ0n) is 20.7. The summed E-state index contributed by atoms with van der Waals surface area (Å²) in [4.78, 5) is 0. The van der Waals surface area contributed by atoms with Crippen molar-refractivity contribution in [1.82, 2.24) is 0 Å². The molecule has 0 unspecified atom stereocenters. The molecule has 183 valence electrons. The first-order valence-corrected chi connectivity index (χ1v) is 33.1. The number of anilines is 1. The number of fused-ring (bicyclic) bond motifs is 3. The fraction of sp³-hybridized carbons (Fsp3) is 0.0625. The van der Waals surface area contributed by atoms with Gasteiger partial charge < -0.3 is 0 Å². The predicted molar refractivity (Wildman–Crippen MR) is 160 cm³/mol. The molecule has 1 nitrogen and oxygen atoms in total. The van der Waals surface area contributed by atoms with Gasteiger partial charge in [0.2, 0.25) is 0 Å². The van der Waals surface area contributed by atoms with Crippen molar-refractivity contribution in [1.29, 1.82) is 0 Å². The van der Waals surface area contributed by atoms with Gasteiger partial charge in [0.15, 0.2) is 0 Å². The van der Waals surface area contributed by atoms with Crippen molar-refractivity contribution in [3.63, 3.8) is 0 Å². The van der Waals surface area contributed by atoms with Gasteiger partial charge in [-0.3, -0.25) is 0 Å². The van der Waals surface area contributed by atoms with E-state index in [1.165, 1.54) is 32.6 Å². The molecule has 0 fully saturated rings. The molecule has 0 amide bonds. The van der Waals surface area contributed by atoms with Gasteiger partial charge in [-0.1, -0.05) is 0 Å². The maximum absolute atomic E-state index is 8.32. The van der Waals surface area contributed by atoms with Crippen molar-refractivity contribution in [3.8, 4) is 11.1 Å². The Hall–Kier alpha value is -2.43. The third-order valence-electron chi connectivity index (χ3n) is 7.63. The van der Waals surface area contributed by atoms with Crippen molar-refractivity contribution < 1.29 is 15.6 Å². The number of benzene rings is 5. The number of para-hydroxylation sites is 1. The predicted octanol–water partition coefficient (Wildman–Crippen LogP) is 6.75. The SMILES string of the molecule is Cc1ccccc1[NH][Hf]([Cl])([Cl])([c]1cccc2c1Cc1ccccc1-2)[SiH](c1ccccc1)c1ccccc1. The molecule has 1 aliphatic carbocycles. The van der Waals surface area contributed by atoms with E-state index in [4.69, 9.17) is 17.2 Å². The Balaban J connectivity index is 1.67. The number of halogens is 2. The van der Waals surface area contributed by atoms with Gasteiger partial charge in [0.1, 0.15) is 0 Å². The summed E-state index contributed by atoms with van der Waals surface area (Å²) >= 11 is -5.30. The van der Waals surface area contributed by atoms with Crippen LogP contribution in [0.2, 0.25) is 0 Å². The van der Waals surface area contributed by atoms with Crippen LogP contribution >= 0.6 is 17.2 Å². The number of rotatable bonds is 6. The zero-order valence-corrected chi connectivity index (χ0v) is 26.9. The normalized spacial score (nSPS) is 13.5. The third-order valence-corrected chi connectivity index (χ3v) is 56.0. The summed E-state index contributed by atoms with van der Waals surface area (Å²) in [5.41, 5.74) is 7.36. The molecular formula is C32H28Cl2HfNSi. The van der Waals surface area contributed by atoms with Crippen LogP contribution in [0.5, 0.6) is 0 Å². The standard InChI is InChI=1S/C13H9.C12H11Si.C7H8N.2ClH.Hf/c1-3-7-12-10(5-1)9-11-6-2-4-8-13(11)12;1-3-7-11(8-4-1)13-12-9-5-2-6-10-12;1-6-4-2-3-5-7(6)8;;;/h1-5,7-8H,9H2;1-10,13H;2-5,8H,1H3;2*1H;/q;;-1;;;+3/p-2. The molecule has 0 radical (unpaired) electrons. The summed E-state index contributed by atoms with van der Waals surface area (Å²) in [5, 5.41) is 2.53. The van der Waals surface area contributed by atoms with Crippen molar-refractivity contribution >= 4 is 42.5 Å². The Morgan fingerprint density at radius 3 is 1.86 bits per heavy atom. The van der Waals surface area contributed by atoms with Gasteiger partial charge in [-0.05, 0) is 0 Å². The van der Waals surface area contributed by atoms with Crippen LogP contribution in [0.25, 0.3) is 11.1 Å². The van der Waals surface area contributed by atoms with Gasteiger partial charge in [-0.15, -0.1) is 0 Å². The zero-order chi connectivity index (χ0) is 25.5. The van der Waals surface area contributed by atoms with Crippen LogP contribution in [0.4, 0.5) is 5.69 Å². The van der Waals surface area contributed by atoms with Crippen LogP contribution in [0.3, 0.4) is 0 Å². The average Bonchev–Trinajstić information content (AvgIpc) is 3.30. The monoisotopic (exact) mass is 704 g/mol. The molecule has 5 aromatic carbocycles. The number of aryl methyl sites for hydroxylation is 1. The van der Waals surface area contributed by atoms with Gasteiger partial charge in [0.25, 0.3) is 0 Å². The van der Waals surface area contributed by atoms with E-state index in [2.05, 4.69) is 138 Å². The van der Waals surface area contributed by atoms with Crippen molar-refractivity contribution in [2.75, 3.05) is 3.30 Å². The molecule has 37 heavy (non-hydrogen) atoms. The van der Waals surface area contributed by atoms with Crippen molar-refractivity contribution in [2.45, 2.75) is 13.3 Å². The molecule has 0 spiro atoms. The van der Waals surface area contributed by atoms with Gasteiger partial charge in [-0.25, -0.2) is 0 Å². The minimum atomic E-state index is -5.30. The number of hydrogen-bond acceptors (Lipinski definition) is 1. The summed E-state index contributed by atoms with van der Waals surface area (Å²) in [5.74, 6) is -2.21. The van der Waals surface area contributed by atoms with E-state index in [1.807, 2.05) is 0 Å². The van der Waals surface area contributed by atoms with E-state index in [-0.39, 0.29) is 0 Å². The van der Waals surface area contributed by atoms with Crippen LogP contribution in [-0.2, 0) is 22.0 Å². The van der Waals surface area contributed by atoms with Crippen LogP contribution in [-0.4, -0.2) is 5.98 Å². The Morgan fingerprint density at radius 2 is 1.19 bits per heavy atom. The molecule has 0 bridgehead atoms. The molecule has 0 heterocycles. The Bertz CT molecular complexity index is 1550. The molecular weight excluding hydrogens is 676 g/mol. The molecule has 6 rings (SSSR count). The summed E-state index contributed by atoms with van der Waals surface area (Å²) in [6, 6.07) is 45.1. The fourth-order valence-electron chi connectivity index (χ4n) is 5.91. The summed E-state index contributed by atoms with van der Waals surface area (Å²) < 4.78 is 5.14. The summed E-state index contributed by atoms with van der Waals surface area (Å²) in [6.07, 6.45) is 0.855. The third kappa shape index (κ3) is 4.36. The topological polar surface area (TPSA) is 12.0 Å². The molecule has 1 N–H and O–H groups in total. The minimum absolute atomic E-state index is 0.855. The van der Waals surface area contributed by atoms with E-state index in [1.54, 1.807) is 0 Å². The molecule has 1 aliphatic rings. The molecule has 0 aromatic heterocycles. The van der Waals surface area contributed by atoms with E-state index in [9.17, 15) is 0 Å². The second-order valence-corrected chi connectivity index (χ2v) is 58.8. The fourth-order valence-corrected chi connectivity index (χ4v) is 58.7.